The van der Waals surface area contributed by atoms with Gasteiger partial charge in [0.1, 0.15) is 22.7 Å². The molecule has 0 aliphatic carbocycles. The second kappa shape index (κ2) is 12.0. The summed E-state index contributed by atoms with van der Waals surface area (Å²) in [6, 6.07) is 13.0. The SMILES string of the molecule is CCCC(=O)Oc1ccc2c(C)cc(=O)oc2c1.CCCC(=O)Oc1ccc2c(C)cc(=O)oc2c1. The number of hydrogen-bond acceptors (Lipinski definition) is 8. The summed E-state index contributed by atoms with van der Waals surface area (Å²) in [6.45, 7) is 7.48. The van der Waals surface area contributed by atoms with E-state index in [1.54, 1.807) is 36.4 Å². The van der Waals surface area contributed by atoms with Crippen molar-refractivity contribution in [3.63, 3.8) is 0 Å². The highest BCUT2D eigenvalue weighted by Gasteiger charge is 2.08. The molecule has 8 heteroatoms. The van der Waals surface area contributed by atoms with Crippen molar-refractivity contribution in [1.82, 2.24) is 0 Å². The van der Waals surface area contributed by atoms with Crippen molar-refractivity contribution in [2.24, 2.45) is 0 Å². The molecule has 0 atom stereocenters. The average Bonchev–Trinajstić information content (AvgIpc) is 2.79. The molecule has 0 spiro atoms. The van der Waals surface area contributed by atoms with Crippen LogP contribution in [0.1, 0.15) is 50.7 Å². The van der Waals surface area contributed by atoms with E-state index in [4.69, 9.17) is 18.3 Å². The van der Waals surface area contributed by atoms with E-state index < -0.39 is 11.3 Å². The molecule has 0 radical (unpaired) electrons. The van der Waals surface area contributed by atoms with Crippen molar-refractivity contribution in [3.8, 4) is 11.5 Å². The first kappa shape index (κ1) is 26.4. The Morgan fingerprint density at radius 3 is 1.42 bits per heavy atom. The summed E-state index contributed by atoms with van der Waals surface area (Å²) in [5, 5.41) is 1.68. The van der Waals surface area contributed by atoms with Crippen molar-refractivity contribution in [3.05, 3.63) is 80.5 Å². The molecule has 2 aromatic carbocycles. The molecule has 0 fully saturated rings. The van der Waals surface area contributed by atoms with Crippen LogP contribution in [0.2, 0.25) is 0 Å². The highest BCUT2D eigenvalue weighted by Crippen LogP contribution is 2.23. The number of rotatable bonds is 6. The molecular weight excluding hydrogens is 464 g/mol. The Kier molecular flexibility index (Phi) is 8.78. The van der Waals surface area contributed by atoms with Gasteiger partial charge in [0.05, 0.1) is 0 Å². The highest BCUT2D eigenvalue weighted by molar-refractivity contribution is 5.83. The van der Waals surface area contributed by atoms with Crippen LogP contribution in [0.4, 0.5) is 0 Å². The highest BCUT2D eigenvalue weighted by atomic mass is 16.5. The lowest BCUT2D eigenvalue weighted by Gasteiger charge is -2.05. The zero-order valence-corrected chi connectivity index (χ0v) is 20.7. The quantitative estimate of drug-likeness (QED) is 0.194. The van der Waals surface area contributed by atoms with Gasteiger partial charge in [0.25, 0.3) is 0 Å². The maximum Gasteiger partial charge on any atom is 0.336 e. The van der Waals surface area contributed by atoms with Gasteiger partial charge in [-0.15, -0.1) is 0 Å². The van der Waals surface area contributed by atoms with E-state index >= 15 is 0 Å². The molecule has 0 saturated heterocycles. The van der Waals surface area contributed by atoms with Gasteiger partial charge in [0, 0.05) is 47.9 Å². The maximum absolute atomic E-state index is 11.4. The van der Waals surface area contributed by atoms with Gasteiger partial charge in [-0.2, -0.15) is 0 Å². The molecule has 0 saturated carbocycles. The Balaban J connectivity index is 0.000000201. The van der Waals surface area contributed by atoms with E-state index in [1.807, 2.05) is 27.7 Å². The molecule has 2 aromatic heterocycles. The number of ether oxygens (including phenoxy) is 2. The summed E-state index contributed by atoms with van der Waals surface area (Å²) in [5.74, 6) is 0.225. The Morgan fingerprint density at radius 2 is 1.06 bits per heavy atom. The molecule has 4 aromatic rings. The fourth-order valence-corrected chi connectivity index (χ4v) is 3.51. The van der Waals surface area contributed by atoms with E-state index in [-0.39, 0.29) is 11.9 Å². The number of benzene rings is 2. The molecule has 2 heterocycles. The van der Waals surface area contributed by atoms with Crippen LogP contribution in [0.3, 0.4) is 0 Å². The number of aryl methyl sites for hydroxylation is 2. The third-order valence-electron chi connectivity index (χ3n) is 5.22. The van der Waals surface area contributed by atoms with Crippen LogP contribution in [0, 0.1) is 13.8 Å². The van der Waals surface area contributed by atoms with E-state index in [2.05, 4.69) is 0 Å². The van der Waals surface area contributed by atoms with E-state index in [0.717, 1.165) is 34.7 Å². The number of carbonyl (C=O) groups is 2. The summed E-state index contributed by atoms with van der Waals surface area (Å²) in [5.41, 5.74) is 1.73. The predicted molar refractivity (Wildman–Crippen MR) is 136 cm³/mol. The van der Waals surface area contributed by atoms with Crippen molar-refractivity contribution >= 4 is 33.9 Å². The summed E-state index contributed by atoms with van der Waals surface area (Å²) in [6.07, 6.45) is 2.22. The lowest BCUT2D eigenvalue weighted by Crippen LogP contribution is -2.07. The van der Waals surface area contributed by atoms with Crippen LogP contribution in [-0.2, 0) is 9.59 Å². The summed E-state index contributed by atoms with van der Waals surface area (Å²) in [4.78, 5) is 45.3. The van der Waals surface area contributed by atoms with E-state index in [9.17, 15) is 19.2 Å². The number of esters is 2. The molecule has 188 valence electrons. The molecule has 0 aliphatic rings. The summed E-state index contributed by atoms with van der Waals surface area (Å²) in [7, 11) is 0. The molecule has 0 aliphatic heterocycles. The Hall–Kier alpha value is -4.20. The van der Waals surface area contributed by atoms with Crippen molar-refractivity contribution in [1.29, 1.82) is 0 Å². The third-order valence-corrected chi connectivity index (χ3v) is 5.22. The summed E-state index contributed by atoms with van der Waals surface area (Å²) < 4.78 is 20.4. The first-order valence-corrected chi connectivity index (χ1v) is 11.7. The van der Waals surface area contributed by atoms with Crippen molar-refractivity contribution < 1.29 is 27.9 Å². The monoisotopic (exact) mass is 492 g/mol. The number of carbonyl (C=O) groups excluding carboxylic acids is 2. The Labute approximate surface area is 207 Å². The standard InChI is InChI=1S/2C14H14O4/c2*1-3-4-13(15)17-10-5-6-11-9(2)7-14(16)18-12(11)8-10/h2*5-8H,3-4H2,1-2H3. The minimum Gasteiger partial charge on any atom is -0.426 e. The zero-order chi connectivity index (χ0) is 26.2. The van der Waals surface area contributed by atoms with Gasteiger partial charge in [0.2, 0.25) is 0 Å². The number of fused-ring (bicyclic) bond motifs is 2. The number of hydrogen-bond donors (Lipinski definition) is 0. The van der Waals surface area contributed by atoms with Gasteiger partial charge < -0.3 is 18.3 Å². The second-order valence-corrected chi connectivity index (χ2v) is 8.26. The third kappa shape index (κ3) is 6.91. The summed E-state index contributed by atoms with van der Waals surface area (Å²) >= 11 is 0. The van der Waals surface area contributed by atoms with Gasteiger partial charge in [-0.25, -0.2) is 9.59 Å². The molecule has 36 heavy (non-hydrogen) atoms. The fraction of sp³-hybridized carbons (Fsp3) is 0.286. The zero-order valence-electron chi connectivity index (χ0n) is 20.7. The topological polar surface area (TPSA) is 113 Å². The van der Waals surface area contributed by atoms with Gasteiger partial charge in [-0.05, 0) is 62.1 Å². The maximum atomic E-state index is 11.4. The molecule has 0 amide bonds. The molecule has 0 unspecified atom stereocenters. The van der Waals surface area contributed by atoms with Crippen molar-refractivity contribution in [2.45, 2.75) is 53.4 Å². The minimum atomic E-state index is -0.406. The van der Waals surface area contributed by atoms with Crippen LogP contribution in [0.25, 0.3) is 21.9 Å². The van der Waals surface area contributed by atoms with Crippen LogP contribution >= 0.6 is 0 Å². The average molecular weight is 493 g/mol. The van der Waals surface area contributed by atoms with Gasteiger partial charge in [-0.3, -0.25) is 9.59 Å². The Morgan fingerprint density at radius 1 is 0.667 bits per heavy atom. The Bertz CT molecular complexity index is 1390. The normalized spacial score (nSPS) is 10.6. The molecule has 0 bridgehead atoms. The van der Waals surface area contributed by atoms with Crippen LogP contribution in [0.5, 0.6) is 11.5 Å². The van der Waals surface area contributed by atoms with Gasteiger partial charge in [0.15, 0.2) is 0 Å². The predicted octanol–water partition coefficient (Wildman–Crippen LogP) is 5.61. The van der Waals surface area contributed by atoms with E-state index in [0.29, 0.717) is 35.5 Å². The van der Waals surface area contributed by atoms with Gasteiger partial charge in [-0.1, -0.05) is 13.8 Å². The van der Waals surface area contributed by atoms with Crippen LogP contribution in [0.15, 0.2) is 67.0 Å². The minimum absolute atomic E-state index is 0.285. The lowest BCUT2D eigenvalue weighted by atomic mass is 10.1. The molecule has 8 nitrogen and oxygen atoms in total. The molecule has 0 N–H and O–H groups in total. The van der Waals surface area contributed by atoms with Crippen LogP contribution < -0.4 is 20.7 Å². The van der Waals surface area contributed by atoms with E-state index in [1.165, 1.54) is 12.1 Å². The fourth-order valence-electron chi connectivity index (χ4n) is 3.51. The van der Waals surface area contributed by atoms with Crippen LogP contribution in [-0.4, -0.2) is 11.9 Å². The second-order valence-electron chi connectivity index (χ2n) is 8.26. The first-order chi connectivity index (χ1) is 17.2. The first-order valence-electron chi connectivity index (χ1n) is 11.7. The largest absolute Gasteiger partial charge is 0.426 e. The van der Waals surface area contributed by atoms with Gasteiger partial charge >= 0.3 is 23.2 Å². The van der Waals surface area contributed by atoms with Crippen molar-refractivity contribution in [2.75, 3.05) is 0 Å². The molecule has 4 rings (SSSR count). The molecular formula is C28H28O8. The smallest absolute Gasteiger partial charge is 0.336 e. The lowest BCUT2D eigenvalue weighted by molar-refractivity contribution is -0.135.